The molecule has 0 spiro atoms. The summed E-state index contributed by atoms with van der Waals surface area (Å²) in [6, 6.07) is 9.61. The number of hydrogen-bond donors (Lipinski definition) is 2. The molecule has 8 nitrogen and oxygen atoms in total. The van der Waals surface area contributed by atoms with Gasteiger partial charge < -0.3 is 20.1 Å². The first-order chi connectivity index (χ1) is 15.3. The molecule has 0 radical (unpaired) electrons. The van der Waals surface area contributed by atoms with Crippen LogP contribution in [0.5, 0.6) is 11.5 Å². The van der Waals surface area contributed by atoms with Crippen molar-refractivity contribution < 1.29 is 23.9 Å². The summed E-state index contributed by atoms with van der Waals surface area (Å²) in [5.41, 5.74) is -0.0116. The van der Waals surface area contributed by atoms with Gasteiger partial charge in [-0.05, 0) is 43.2 Å². The fraction of sp³-hybridized carbons (Fsp3) is 0.318. The van der Waals surface area contributed by atoms with Gasteiger partial charge in [-0.25, -0.2) is 4.79 Å². The average Bonchev–Trinajstić information content (AvgIpc) is 2.97. The molecule has 2 heterocycles. The third-order valence-corrected chi connectivity index (χ3v) is 5.94. The number of nitrogens with one attached hydrogen (secondary N) is 2. The van der Waals surface area contributed by atoms with Gasteiger partial charge in [-0.1, -0.05) is 35.3 Å². The Morgan fingerprint density at radius 2 is 1.88 bits per heavy atom. The average molecular weight is 478 g/mol. The lowest BCUT2D eigenvalue weighted by atomic mass is 9.92. The maximum Gasteiger partial charge on any atom is 0.325 e. The molecule has 2 aromatic carbocycles. The molecular formula is C22H21Cl2N3O5. The first kappa shape index (κ1) is 22.2. The molecule has 0 aliphatic carbocycles. The van der Waals surface area contributed by atoms with Gasteiger partial charge in [-0.3, -0.25) is 14.5 Å². The molecule has 2 N–H and O–H groups in total. The van der Waals surface area contributed by atoms with Crippen LogP contribution in [0.3, 0.4) is 0 Å². The molecule has 4 rings (SSSR count). The van der Waals surface area contributed by atoms with Crippen LogP contribution in [0.2, 0.25) is 10.0 Å². The Morgan fingerprint density at radius 1 is 1.12 bits per heavy atom. The fourth-order valence-electron chi connectivity index (χ4n) is 3.71. The molecule has 32 heavy (non-hydrogen) atoms. The Kier molecular flexibility index (Phi) is 6.17. The summed E-state index contributed by atoms with van der Waals surface area (Å²) in [6.07, 6.45) is 0.556. The second kappa shape index (κ2) is 8.88. The second-order valence-electron chi connectivity index (χ2n) is 7.65. The largest absolute Gasteiger partial charge is 0.486 e. The zero-order valence-corrected chi connectivity index (χ0v) is 18.8. The first-order valence-electron chi connectivity index (χ1n) is 10.0. The van der Waals surface area contributed by atoms with Gasteiger partial charge in [-0.2, -0.15) is 0 Å². The van der Waals surface area contributed by atoms with E-state index in [-0.39, 0.29) is 5.02 Å². The van der Waals surface area contributed by atoms with Gasteiger partial charge in [-0.15, -0.1) is 0 Å². The van der Waals surface area contributed by atoms with Gasteiger partial charge in [0.15, 0.2) is 11.5 Å². The molecule has 1 saturated heterocycles. The second-order valence-corrected chi connectivity index (χ2v) is 8.49. The number of benzene rings is 2. The SMILES string of the molecule is CC1(c2ccc(Cl)cc2Cl)NC(=O)N(CC(=O)NCCc2ccc3c(c2)OCCO3)C1=O. The van der Waals surface area contributed by atoms with E-state index in [9.17, 15) is 14.4 Å². The number of nitrogens with zero attached hydrogens (tertiary/aromatic N) is 1. The molecule has 1 unspecified atom stereocenters. The molecule has 0 aromatic heterocycles. The monoisotopic (exact) mass is 477 g/mol. The number of carbonyl (C=O) groups excluding carboxylic acids is 3. The third-order valence-electron chi connectivity index (χ3n) is 5.39. The molecule has 0 bridgehead atoms. The fourth-order valence-corrected chi connectivity index (χ4v) is 4.30. The zero-order chi connectivity index (χ0) is 22.9. The highest BCUT2D eigenvalue weighted by Gasteiger charge is 2.50. The van der Waals surface area contributed by atoms with Crippen molar-refractivity contribution in [3.05, 3.63) is 57.6 Å². The Labute approximate surface area is 194 Å². The van der Waals surface area contributed by atoms with Gasteiger partial charge in [0, 0.05) is 22.2 Å². The predicted molar refractivity (Wildman–Crippen MR) is 118 cm³/mol. The molecule has 2 aromatic rings. The zero-order valence-electron chi connectivity index (χ0n) is 17.2. The molecule has 168 valence electrons. The number of fused-ring (bicyclic) bond motifs is 1. The van der Waals surface area contributed by atoms with Crippen molar-refractivity contribution in [2.45, 2.75) is 18.9 Å². The number of imide groups is 1. The standard InChI is InChI=1S/C22H21Cl2N3O5/c1-22(15-4-3-14(23)11-16(15)24)20(29)27(21(30)26-22)12-19(28)25-7-6-13-2-5-17-18(10-13)32-9-8-31-17/h2-5,10-11H,6-9,12H2,1H3,(H,25,28)(H,26,30). The van der Waals surface area contributed by atoms with Crippen LogP contribution in [-0.4, -0.2) is 49.0 Å². The highest BCUT2D eigenvalue weighted by Crippen LogP contribution is 2.35. The number of amides is 4. The van der Waals surface area contributed by atoms with Crippen molar-refractivity contribution in [2.24, 2.45) is 0 Å². The minimum Gasteiger partial charge on any atom is -0.486 e. The summed E-state index contributed by atoms with van der Waals surface area (Å²) >= 11 is 12.2. The van der Waals surface area contributed by atoms with Crippen molar-refractivity contribution in [3.8, 4) is 11.5 Å². The van der Waals surface area contributed by atoms with Crippen molar-refractivity contribution in [1.82, 2.24) is 15.5 Å². The van der Waals surface area contributed by atoms with Crippen LogP contribution < -0.4 is 20.1 Å². The van der Waals surface area contributed by atoms with Crippen LogP contribution in [0, 0.1) is 0 Å². The number of halogens is 2. The number of hydrogen-bond acceptors (Lipinski definition) is 5. The van der Waals surface area contributed by atoms with Gasteiger partial charge >= 0.3 is 6.03 Å². The first-order valence-corrected chi connectivity index (χ1v) is 10.8. The van der Waals surface area contributed by atoms with E-state index in [0.717, 1.165) is 10.5 Å². The predicted octanol–water partition coefficient (Wildman–Crippen LogP) is 2.89. The lowest BCUT2D eigenvalue weighted by molar-refractivity contribution is -0.134. The highest BCUT2D eigenvalue weighted by molar-refractivity contribution is 6.35. The van der Waals surface area contributed by atoms with E-state index in [0.29, 0.717) is 48.3 Å². The summed E-state index contributed by atoms with van der Waals surface area (Å²) in [6.45, 7) is 2.50. The molecule has 10 heteroatoms. The van der Waals surface area contributed by atoms with E-state index < -0.39 is 29.9 Å². The molecule has 2 aliphatic rings. The molecular weight excluding hydrogens is 457 g/mol. The van der Waals surface area contributed by atoms with Gasteiger partial charge in [0.05, 0.1) is 0 Å². The molecule has 1 atom stereocenters. The molecule has 0 saturated carbocycles. The van der Waals surface area contributed by atoms with Crippen molar-refractivity contribution in [3.63, 3.8) is 0 Å². The molecule has 1 fully saturated rings. The minimum absolute atomic E-state index is 0.249. The summed E-state index contributed by atoms with van der Waals surface area (Å²) in [5.74, 6) is 0.372. The number of ether oxygens (including phenoxy) is 2. The van der Waals surface area contributed by atoms with E-state index in [1.807, 2.05) is 18.2 Å². The Hall–Kier alpha value is -2.97. The van der Waals surface area contributed by atoms with Gasteiger partial charge in [0.25, 0.3) is 5.91 Å². The van der Waals surface area contributed by atoms with E-state index in [1.165, 1.54) is 6.07 Å². The van der Waals surface area contributed by atoms with E-state index >= 15 is 0 Å². The normalized spacial score (nSPS) is 19.7. The smallest absolute Gasteiger partial charge is 0.325 e. The van der Waals surface area contributed by atoms with Gasteiger partial charge in [0.2, 0.25) is 5.91 Å². The summed E-state index contributed by atoms with van der Waals surface area (Å²) in [7, 11) is 0. The maximum atomic E-state index is 13.0. The van der Waals surface area contributed by atoms with Crippen LogP contribution in [0.1, 0.15) is 18.1 Å². The summed E-state index contributed by atoms with van der Waals surface area (Å²) < 4.78 is 11.0. The maximum absolute atomic E-state index is 13.0. The topological polar surface area (TPSA) is 97.0 Å². The lowest BCUT2D eigenvalue weighted by Gasteiger charge is -2.23. The summed E-state index contributed by atoms with van der Waals surface area (Å²) in [5, 5.41) is 6.02. The lowest BCUT2D eigenvalue weighted by Crippen LogP contribution is -2.43. The van der Waals surface area contributed by atoms with Crippen LogP contribution in [0.25, 0.3) is 0 Å². The van der Waals surface area contributed by atoms with Crippen LogP contribution in [-0.2, 0) is 21.5 Å². The number of rotatable bonds is 6. The Balaban J connectivity index is 1.35. The van der Waals surface area contributed by atoms with Crippen molar-refractivity contribution in [2.75, 3.05) is 26.3 Å². The number of carbonyl (C=O) groups is 3. The minimum atomic E-state index is -1.38. The third kappa shape index (κ3) is 4.33. The molecule has 4 amide bonds. The van der Waals surface area contributed by atoms with E-state index in [1.54, 1.807) is 19.1 Å². The van der Waals surface area contributed by atoms with Crippen molar-refractivity contribution >= 4 is 41.0 Å². The van der Waals surface area contributed by atoms with E-state index in [2.05, 4.69) is 10.6 Å². The number of urea groups is 1. The highest BCUT2D eigenvalue weighted by atomic mass is 35.5. The van der Waals surface area contributed by atoms with Crippen LogP contribution in [0.4, 0.5) is 4.79 Å². The Bertz CT molecular complexity index is 1090. The molecule has 2 aliphatic heterocycles. The Morgan fingerprint density at radius 3 is 2.62 bits per heavy atom. The van der Waals surface area contributed by atoms with Crippen LogP contribution in [0.15, 0.2) is 36.4 Å². The van der Waals surface area contributed by atoms with Crippen molar-refractivity contribution in [1.29, 1.82) is 0 Å². The van der Waals surface area contributed by atoms with Gasteiger partial charge in [0.1, 0.15) is 25.3 Å². The van der Waals surface area contributed by atoms with E-state index in [4.69, 9.17) is 32.7 Å². The quantitative estimate of drug-likeness (QED) is 0.623. The summed E-state index contributed by atoms with van der Waals surface area (Å²) in [4.78, 5) is 38.7. The van der Waals surface area contributed by atoms with Crippen LogP contribution >= 0.6 is 23.2 Å².